The van der Waals surface area contributed by atoms with Crippen molar-refractivity contribution >= 4 is 11.6 Å². The number of carbonyl (C=O) groups excluding carboxylic acids is 1. The first kappa shape index (κ1) is 24.0. The lowest BCUT2D eigenvalue weighted by molar-refractivity contribution is 0.102. The molecule has 8 heteroatoms. The lowest BCUT2D eigenvalue weighted by Crippen LogP contribution is -2.15. The Morgan fingerprint density at radius 1 is 0.757 bits per heavy atom. The maximum Gasteiger partial charge on any atom is 0.255 e. The van der Waals surface area contributed by atoms with Crippen molar-refractivity contribution in [2.75, 3.05) is 39.9 Å². The zero-order valence-corrected chi connectivity index (χ0v) is 20.7. The largest absolute Gasteiger partial charge is 0.493 e. The molecule has 0 radical (unpaired) electrons. The first-order valence-corrected chi connectivity index (χ1v) is 11.7. The zero-order valence-electron chi connectivity index (χ0n) is 20.7. The van der Waals surface area contributed by atoms with Gasteiger partial charge in [0.1, 0.15) is 13.2 Å². The van der Waals surface area contributed by atoms with Crippen LogP contribution in [0.4, 0.5) is 5.69 Å². The van der Waals surface area contributed by atoms with Crippen LogP contribution in [0.2, 0.25) is 0 Å². The van der Waals surface area contributed by atoms with E-state index in [2.05, 4.69) is 5.32 Å². The molecular weight excluding hydrogens is 472 g/mol. The summed E-state index contributed by atoms with van der Waals surface area (Å²) in [6, 6.07) is 22.4. The van der Waals surface area contributed by atoms with Crippen molar-refractivity contribution in [1.29, 1.82) is 0 Å². The predicted octanol–water partition coefficient (Wildman–Crippen LogP) is 5.46. The normalized spacial score (nSPS) is 12.0. The Bertz CT molecular complexity index is 1410. The van der Waals surface area contributed by atoms with E-state index < -0.39 is 0 Å². The molecule has 1 aliphatic heterocycles. The van der Waals surface area contributed by atoms with Crippen LogP contribution in [0.1, 0.15) is 10.4 Å². The van der Waals surface area contributed by atoms with Crippen LogP contribution in [-0.2, 0) is 0 Å². The Hall–Kier alpha value is -4.72. The van der Waals surface area contributed by atoms with E-state index in [0.717, 1.165) is 34.0 Å². The van der Waals surface area contributed by atoms with Crippen molar-refractivity contribution < 1.29 is 28.5 Å². The summed E-state index contributed by atoms with van der Waals surface area (Å²) in [5.74, 6) is 2.42. The van der Waals surface area contributed by atoms with Gasteiger partial charge in [0, 0.05) is 22.4 Å². The van der Waals surface area contributed by atoms with Gasteiger partial charge in [-0.2, -0.15) is 0 Å². The van der Waals surface area contributed by atoms with Crippen LogP contribution in [0.25, 0.3) is 22.5 Å². The van der Waals surface area contributed by atoms with Crippen LogP contribution in [-0.4, -0.2) is 45.4 Å². The second kappa shape index (κ2) is 10.5. The van der Waals surface area contributed by atoms with Crippen LogP contribution in [0.5, 0.6) is 28.7 Å². The number of pyridine rings is 1. The first-order chi connectivity index (χ1) is 18.1. The predicted molar refractivity (Wildman–Crippen MR) is 140 cm³/mol. The minimum absolute atomic E-state index is 0.300. The highest BCUT2D eigenvalue weighted by Gasteiger charge is 2.17. The second-order valence-corrected chi connectivity index (χ2v) is 8.21. The summed E-state index contributed by atoms with van der Waals surface area (Å²) in [6.45, 7) is 1.09. The fourth-order valence-electron chi connectivity index (χ4n) is 4.10. The Kier molecular flexibility index (Phi) is 6.81. The minimum Gasteiger partial charge on any atom is -0.493 e. The summed E-state index contributed by atoms with van der Waals surface area (Å²) in [6.07, 6.45) is 0. The quantitative estimate of drug-likeness (QED) is 0.362. The SMILES string of the molecule is COc1cc(C(=O)Nc2ccc(-c3cccc(-c4ccc5c(c4)OCCO5)n3)cc2)cc(OC)c1OC. The molecule has 188 valence electrons. The van der Waals surface area contributed by atoms with Crippen LogP contribution in [0.3, 0.4) is 0 Å². The van der Waals surface area contributed by atoms with Crippen LogP contribution >= 0.6 is 0 Å². The molecule has 0 saturated heterocycles. The number of hydrogen-bond donors (Lipinski definition) is 1. The summed E-state index contributed by atoms with van der Waals surface area (Å²) in [4.78, 5) is 17.7. The van der Waals surface area contributed by atoms with Crippen molar-refractivity contribution in [3.05, 3.63) is 78.4 Å². The molecule has 4 aromatic rings. The van der Waals surface area contributed by atoms with Gasteiger partial charge in [-0.15, -0.1) is 0 Å². The number of benzene rings is 3. The highest BCUT2D eigenvalue weighted by Crippen LogP contribution is 2.38. The number of ether oxygens (including phenoxy) is 5. The number of rotatable bonds is 7. The van der Waals surface area contributed by atoms with Crippen molar-refractivity contribution in [3.8, 4) is 51.3 Å². The van der Waals surface area contributed by atoms with Crippen molar-refractivity contribution in [3.63, 3.8) is 0 Å². The van der Waals surface area contributed by atoms with Gasteiger partial charge in [-0.25, -0.2) is 4.98 Å². The number of nitrogens with one attached hydrogen (secondary N) is 1. The summed E-state index contributed by atoms with van der Waals surface area (Å²) in [5.41, 5.74) is 4.53. The van der Waals surface area contributed by atoms with E-state index in [4.69, 9.17) is 28.7 Å². The Balaban J connectivity index is 1.34. The van der Waals surface area contributed by atoms with E-state index in [1.165, 1.54) is 21.3 Å². The van der Waals surface area contributed by atoms with Crippen LogP contribution < -0.4 is 29.0 Å². The number of methoxy groups -OCH3 is 3. The molecule has 1 amide bonds. The fraction of sp³-hybridized carbons (Fsp3) is 0.172. The lowest BCUT2D eigenvalue weighted by Gasteiger charge is -2.18. The topological polar surface area (TPSA) is 88.1 Å². The molecule has 5 rings (SSSR count). The molecule has 1 N–H and O–H groups in total. The molecule has 8 nitrogen and oxygen atoms in total. The molecule has 1 aromatic heterocycles. The standard InChI is InChI=1S/C29H26N2O6/c1-33-26-16-20(17-27(34-2)28(26)35-3)29(32)30-21-10-7-18(8-11-21)22-5-4-6-23(31-22)19-9-12-24-25(15-19)37-14-13-36-24/h4-12,15-17H,13-14H2,1-3H3,(H,30,32). The fourth-order valence-corrected chi connectivity index (χ4v) is 4.10. The molecular formula is C29H26N2O6. The Morgan fingerprint density at radius 3 is 2.03 bits per heavy atom. The van der Waals surface area contributed by atoms with Gasteiger partial charge in [-0.3, -0.25) is 4.79 Å². The van der Waals surface area contributed by atoms with Crippen LogP contribution in [0, 0.1) is 0 Å². The number of hydrogen-bond acceptors (Lipinski definition) is 7. The first-order valence-electron chi connectivity index (χ1n) is 11.7. The highest BCUT2D eigenvalue weighted by molar-refractivity contribution is 6.05. The van der Waals surface area contributed by atoms with Gasteiger partial charge in [0.15, 0.2) is 23.0 Å². The van der Waals surface area contributed by atoms with Crippen LogP contribution in [0.15, 0.2) is 72.8 Å². The third-order valence-electron chi connectivity index (χ3n) is 5.95. The molecule has 3 aromatic carbocycles. The number of aromatic nitrogens is 1. The van der Waals surface area contributed by atoms with Gasteiger partial charge in [0.25, 0.3) is 5.91 Å². The molecule has 1 aliphatic rings. The third-order valence-corrected chi connectivity index (χ3v) is 5.95. The molecule has 0 unspecified atom stereocenters. The summed E-state index contributed by atoms with van der Waals surface area (Å²) in [7, 11) is 4.53. The van der Waals surface area contributed by atoms with E-state index in [1.54, 1.807) is 12.1 Å². The molecule has 2 heterocycles. The van der Waals surface area contributed by atoms with Crippen molar-refractivity contribution in [1.82, 2.24) is 4.98 Å². The zero-order chi connectivity index (χ0) is 25.8. The Labute approximate surface area is 214 Å². The number of anilines is 1. The van der Waals surface area contributed by atoms with E-state index in [9.17, 15) is 4.79 Å². The summed E-state index contributed by atoms with van der Waals surface area (Å²) >= 11 is 0. The van der Waals surface area contributed by atoms with Gasteiger partial charge in [0.05, 0.1) is 32.7 Å². The van der Waals surface area contributed by atoms with Crippen molar-refractivity contribution in [2.24, 2.45) is 0 Å². The highest BCUT2D eigenvalue weighted by atomic mass is 16.6. The molecule has 0 atom stereocenters. The number of carbonyl (C=O) groups is 1. The van der Waals surface area contributed by atoms with Gasteiger partial charge in [0.2, 0.25) is 5.75 Å². The molecule has 0 spiro atoms. The molecule has 0 aliphatic carbocycles. The van der Waals surface area contributed by atoms with Gasteiger partial charge < -0.3 is 29.0 Å². The number of nitrogens with zero attached hydrogens (tertiary/aromatic N) is 1. The summed E-state index contributed by atoms with van der Waals surface area (Å²) < 4.78 is 27.3. The lowest BCUT2D eigenvalue weighted by atomic mass is 10.1. The third kappa shape index (κ3) is 4.99. The average Bonchev–Trinajstić information content (AvgIpc) is 2.96. The second-order valence-electron chi connectivity index (χ2n) is 8.21. The molecule has 0 bridgehead atoms. The minimum atomic E-state index is -0.300. The smallest absolute Gasteiger partial charge is 0.255 e. The monoisotopic (exact) mass is 498 g/mol. The van der Waals surface area contributed by atoms with Gasteiger partial charge >= 0.3 is 0 Å². The maximum atomic E-state index is 12.9. The molecule has 0 saturated carbocycles. The number of amides is 1. The van der Waals surface area contributed by atoms with E-state index >= 15 is 0 Å². The van der Waals surface area contributed by atoms with Crippen molar-refractivity contribution in [2.45, 2.75) is 0 Å². The number of fused-ring (bicyclic) bond motifs is 1. The average molecular weight is 499 g/mol. The molecule has 0 fully saturated rings. The van der Waals surface area contributed by atoms with E-state index in [1.807, 2.05) is 60.7 Å². The Morgan fingerprint density at radius 2 is 1.38 bits per heavy atom. The molecule has 37 heavy (non-hydrogen) atoms. The van der Waals surface area contributed by atoms with Gasteiger partial charge in [-0.05, 0) is 54.6 Å². The van der Waals surface area contributed by atoms with E-state index in [0.29, 0.717) is 41.7 Å². The van der Waals surface area contributed by atoms with E-state index in [-0.39, 0.29) is 5.91 Å². The maximum absolute atomic E-state index is 12.9. The van der Waals surface area contributed by atoms with Gasteiger partial charge in [-0.1, -0.05) is 18.2 Å². The summed E-state index contributed by atoms with van der Waals surface area (Å²) in [5, 5.41) is 2.91.